The smallest absolute Gasteiger partial charge is 0.339 e. The fraction of sp³-hybridized carbons (Fsp3) is 0.342. The molecular weight excluding hydrogens is 644 g/mol. The normalized spacial score (nSPS) is 19.3. The van der Waals surface area contributed by atoms with Crippen LogP contribution in [-0.4, -0.2) is 65.1 Å². The van der Waals surface area contributed by atoms with Gasteiger partial charge in [-0.15, -0.1) is 0 Å². The van der Waals surface area contributed by atoms with Gasteiger partial charge in [0.25, 0.3) is 11.8 Å². The molecule has 2 fully saturated rings. The molecule has 2 aliphatic heterocycles. The second kappa shape index (κ2) is 14.8. The Balaban J connectivity index is 1.38. The van der Waals surface area contributed by atoms with Gasteiger partial charge in [-0.1, -0.05) is 36.4 Å². The van der Waals surface area contributed by atoms with Crippen LogP contribution in [0.15, 0.2) is 66.7 Å². The van der Waals surface area contributed by atoms with Crippen molar-refractivity contribution in [3.8, 4) is 34.4 Å². The third-order valence-electron chi connectivity index (χ3n) is 9.07. The number of aromatic nitrogens is 1. The van der Waals surface area contributed by atoms with Crippen molar-refractivity contribution in [1.29, 1.82) is 0 Å². The molecule has 0 bridgehead atoms. The first kappa shape index (κ1) is 34.8. The van der Waals surface area contributed by atoms with Gasteiger partial charge in [-0.25, -0.2) is 4.79 Å². The van der Waals surface area contributed by atoms with Crippen LogP contribution in [0.5, 0.6) is 23.3 Å². The Hall–Kier alpha value is -5.07. The number of nitrogens with zero attached hydrogens (tertiary/aromatic N) is 3. The minimum atomic E-state index is -1.29. The van der Waals surface area contributed by atoms with Crippen LogP contribution in [-0.2, 0) is 11.3 Å². The molecule has 0 spiro atoms. The van der Waals surface area contributed by atoms with Crippen LogP contribution in [0, 0.1) is 24.5 Å². The van der Waals surface area contributed by atoms with E-state index < -0.39 is 41.0 Å². The summed E-state index contributed by atoms with van der Waals surface area (Å²) in [6.45, 7) is 7.56. The average Bonchev–Trinajstić information content (AvgIpc) is 3.10. The SMILES string of the molecule is Cc1ccc(C(=O)O)c(Oc2nc(Oc3cccc(-c4cccc(CN)c4)c3)c(F)c(N3CCCC(C(=O)N4CC(C)NC(C)C4)C3)c2F)c1. The number of carboxylic acids is 1. The van der Waals surface area contributed by atoms with Crippen LogP contribution in [0.4, 0.5) is 14.5 Å². The number of nitrogens with one attached hydrogen (secondary N) is 1. The maximum absolute atomic E-state index is 16.6. The van der Waals surface area contributed by atoms with Gasteiger partial charge in [0.1, 0.15) is 22.7 Å². The zero-order valence-electron chi connectivity index (χ0n) is 28.3. The highest BCUT2D eigenvalue weighted by Crippen LogP contribution is 2.41. The predicted molar refractivity (Wildman–Crippen MR) is 186 cm³/mol. The molecule has 0 radical (unpaired) electrons. The number of piperazine rings is 1. The molecule has 6 rings (SSSR count). The van der Waals surface area contributed by atoms with Crippen molar-refractivity contribution in [3.63, 3.8) is 0 Å². The Morgan fingerprint density at radius 1 is 0.940 bits per heavy atom. The Morgan fingerprint density at radius 2 is 1.62 bits per heavy atom. The highest BCUT2D eigenvalue weighted by molar-refractivity contribution is 5.91. The van der Waals surface area contributed by atoms with E-state index >= 15 is 8.78 Å². The fourth-order valence-corrected chi connectivity index (χ4v) is 6.77. The van der Waals surface area contributed by atoms with Crippen molar-refractivity contribution in [2.24, 2.45) is 11.7 Å². The maximum Gasteiger partial charge on any atom is 0.339 e. The summed E-state index contributed by atoms with van der Waals surface area (Å²) in [5.41, 5.74) is 8.39. The van der Waals surface area contributed by atoms with Gasteiger partial charge in [-0.05, 0) is 86.2 Å². The van der Waals surface area contributed by atoms with E-state index in [9.17, 15) is 14.7 Å². The van der Waals surface area contributed by atoms with Crippen molar-refractivity contribution >= 4 is 17.6 Å². The molecule has 4 N–H and O–H groups in total. The number of halogens is 2. The molecular formula is C38H41F2N5O5. The number of carbonyl (C=O) groups excluding carboxylic acids is 1. The van der Waals surface area contributed by atoms with Crippen LogP contribution >= 0.6 is 0 Å². The lowest BCUT2D eigenvalue weighted by Gasteiger charge is -2.40. The first-order valence-electron chi connectivity index (χ1n) is 16.8. The standard InChI is InChI=1S/C38H41F2N5O5/c1-22-12-13-30(38(47)48)31(15-22)50-36-33(40)34(44-14-6-10-28(21-44)37(46)45-19-23(2)42-24(3)20-45)32(39)35(43-36)49-29-11-5-9-27(17-29)26-8-4-7-25(16-26)18-41/h4-5,7-9,11-13,15-17,23-24,28,42H,6,10,14,18-21,41H2,1-3H3,(H,47,48). The number of carbonyl (C=O) groups is 2. The van der Waals surface area contributed by atoms with Crippen LogP contribution in [0.3, 0.4) is 0 Å². The summed E-state index contributed by atoms with van der Waals surface area (Å²) in [4.78, 5) is 33.1. The van der Waals surface area contributed by atoms with E-state index in [0.29, 0.717) is 38.0 Å². The van der Waals surface area contributed by atoms with Gasteiger partial charge in [0.05, 0.1) is 5.92 Å². The van der Waals surface area contributed by atoms with Gasteiger partial charge in [0.2, 0.25) is 17.5 Å². The van der Waals surface area contributed by atoms with E-state index in [1.54, 1.807) is 31.2 Å². The molecule has 50 heavy (non-hydrogen) atoms. The number of carboxylic acid groups (broad SMARTS) is 1. The number of pyridine rings is 1. The molecule has 12 heteroatoms. The van der Waals surface area contributed by atoms with E-state index in [2.05, 4.69) is 10.3 Å². The number of hydrogen-bond donors (Lipinski definition) is 3. The average molecular weight is 686 g/mol. The van der Waals surface area contributed by atoms with Gasteiger partial charge >= 0.3 is 5.97 Å². The van der Waals surface area contributed by atoms with Gasteiger partial charge in [-0.2, -0.15) is 13.8 Å². The summed E-state index contributed by atoms with van der Waals surface area (Å²) in [5, 5.41) is 13.2. The minimum Gasteiger partial charge on any atom is -0.478 e. The van der Waals surface area contributed by atoms with Crippen molar-refractivity contribution < 1.29 is 33.0 Å². The number of nitrogens with two attached hydrogens (primary N) is 1. The Labute approximate surface area is 289 Å². The van der Waals surface area contributed by atoms with E-state index in [-0.39, 0.29) is 48.1 Å². The number of amides is 1. The number of aromatic carboxylic acids is 1. The summed E-state index contributed by atoms with van der Waals surface area (Å²) < 4.78 is 44.9. The van der Waals surface area contributed by atoms with Crippen molar-refractivity contribution in [1.82, 2.24) is 15.2 Å². The lowest BCUT2D eigenvalue weighted by Crippen LogP contribution is -2.58. The second-order valence-corrected chi connectivity index (χ2v) is 13.1. The van der Waals surface area contributed by atoms with Crippen LogP contribution < -0.4 is 25.4 Å². The zero-order valence-corrected chi connectivity index (χ0v) is 28.3. The number of hydrogen-bond acceptors (Lipinski definition) is 8. The molecule has 3 aromatic carbocycles. The highest BCUT2D eigenvalue weighted by atomic mass is 19.1. The number of anilines is 1. The van der Waals surface area contributed by atoms with Gasteiger partial charge in [0, 0.05) is 44.8 Å². The van der Waals surface area contributed by atoms with Crippen molar-refractivity contribution in [3.05, 3.63) is 95.1 Å². The first-order chi connectivity index (χ1) is 24.0. The monoisotopic (exact) mass is 685 g/mol. The molecule has 4 aromatic rings. The second-order valence-electron chi connectivity index (χ2n) is 13.1. The zero-order chi connectivity index (χ0) is 35.5. The number of rotatable bonds is 9. The molecule has 0 saturated carbocycles. The molecule has 10 nitrogen and oxygen atoms in total. The molecule has 3 heterocycles. The summed E-state index contributed by atoms with van der Waals surface area (Å²) in [6, 6.07) is 19.2. The lowest BCUT2D eigenvalue weighted by molar-refractivity contribution is -0.137. The Morgan fingerprint density at radius 3 is 2.32 bits per heavy atom. The molecule has 1 aromatic heterocycles. The molecule has 2 saturated heterocycles. The summed E-state index contributed by atoms with van der Waals surface area (Å²) in [6.07, 6.45) is 1.10. The van der Waals surface area contributed by atoms with Crippen molar-refractivity contribution in [2.45, 2.75) is 52.2 Å². The molecule has 3 atom stereocenters. The van der Waals surface area contributed by atoms with E-state index in [1.165, 1.54) is 17.0 Å². The highest BCUT2D eigenvalue weighted by Gasteiger charge is 2.36. The van der Waals surface area contributed by atoms with Gasteiger partial charge < -0.3 is 35.4 Å². The number of piperidine rings is 1. The number of ether oxygens (including phenoxy) is 2. The lowest BCUT2D eigenvalue weighted by atomic mass is 9.95. The van der Waals surface area contributed by atoms with Gasteiger partial charge in [-0.3, -0.25) is 4.79 Å². The third-order valence-corrected chi connectivity index (χ3v) is 9.07. The number of aryl methyl sites for hydroxylation is 1. The maximum atomic E-state index is 16.6. The minimum absolute atomic E-state index is 0.0564. The van der Waals surface area contributed by atoms with Crippen molar-refractivity contribution in [2.75, 3.05) is 31.1 Å². The molecule has 1 amide bonds. The quantitative estimate of drug-likeness (QED) is 0.181. The fourth-order valence-electron chi connectivity index (χ4n) is 6.77. The van der Waals surface area contributed by atoms with E-state index in [4.69, 9.17) is 15.2 Å². The number of benzene rings is 3. The summed E-state index contributed by atoms with van der Waals surface area (Å²) >= 11 is 0. The third kappa shape index (κ3) is 7.56. The Kier molecular flexibility index (Phi) is 10.3. The topological polar surface area (TPSA) is 130 Å². The largest absolute Gasteiger partial charge is 0.478 e. The van der Waals surface area contributed by atoms with E-state index in [0.717, 1.165) is 16.7 Å². The Bertz CT molecular complexity index is 1900. The summed E-state index contributed by atoms with van der Waals surface area (Å²) in [7, 11) is 0. The van der Waals surface area contributed by atoms with Gasteiger partial charge in [0.15, 0.2) is 0 Å². The molecule has 0 aliphatic carbocycles. The molecule has 2 aliphatic rings. The van der Waals surface area contributed by atoms with Crippen LogP contribution in [0.2, 0.25) is 0 Å². The predicted octanol–water partition coefficient (Wildman–Crippen LogP) is 6.50. The van der Waals surface area contributed by atoms with Crippen LogP contribution in [0.1, 0.15) is 48.2 Å². The van der Waals surface area contributed by atoms with Crippen LogP contribution in [0.25, 0.3) is 11.1 Å². The van der Waals surface area contributed by atoms with E-state index in [1.807, 2.05) is 49.1 Å². The summed E-state index contributed by atoms with van der Waals surface area (Å²) in [5.74, 6) is -5.18. The molecule has 262 valence electrons. The first-order valence-corrected chi connectivity index (χ1v) is 16.8. The molecule has 3 unspecified atom stereocenters.